The number of hydrazine groups is 1. The molecule has 0 spiro atoms. The Labute approximate surface area is 194 Å². The van der Waals surface area contributed by atoms with Crippen LogP contribution >= 0.6 is 11.6 Å². The number of primary amides is 1. The first-order valence-electron chi connectivity index (χ1n) is 10.2. The number of aromatic nitrogens is 1. The van der Waals surface area contributed by atoms with Crippen LogP contribution in [0.3, 0.4) is 0 Å². The number of alkyl halides is 2. The molecule has 5 N–H and O–H groups in total. The Kier molecular flexibility index (Phi) is 9.03. The molecule has 0 radical (unpaired) electrons. The number of carbonyl (C=O) groups excluding carboxylic acids is 4. The quantitative estimate of drug-likeness (QED) is 0.299. The minimum Gasteiger partial charge on any atom is -0.496 e. The maximum atomic E-state index is 13.3. The lowest BCUT2D eigenvalue weighted by Gasteiger charge is -2.27. The number of benzene rings is 1. The normalized spacial score (nSPS) is 12.8. The van der Waals surface area contributed by atoms with E-state index in [2.05, 4.69) is 15.7 Å². The smallest absolute Gasteiger partial charge is 0.291 e. The Morgan fingerprint density at radius 2 is 1.97 bits per heavy atom. The summed E-state index contributed by atoms with van der Waals surface area (Å²) in [6.45, 7) is 3.30. The molecule has 0 aliphatic heterocycles. The Balaban J connectivity index is 2.21. The maximum Gasteiger partial charge on any atom is 0.291 e. The molecular formula is C21H27ClFN5O5. The summed E-state index contributed by atoms with van der Waals surface area (Å²) >= 11 is 5.20. The van der Waals surface area contributed by atoms with Gasteiger partial charge >= 0.3 is 0 Å². The second-order valence-corrected chi connectivity index (χ2v) is 8.13. The molecule has 1 unspecified atom stereocenters. The van der Waals surface area contributed by atoms with Gasteiger partial charge in [0, 0.05) is 17.3 Å². The number of aromatic amines is 1. The molecule has 2 aromatic rings. The molecule has 0 aliphatic rings. The molecule has 1 heterocycles. The van der Waals surface area contributed by atoms with E-state index in [-0.39, 0.29) is 31.0 Å². The molecule has 1 aromatic carbocycles. The van der Waals surface area contributed by atoms with E-state index in [1.165, 1.54) is 7.11 Å². The fourth-order valence-electron chi connectivity index (χ4n) is 3.14. The molecule has 33 heavy (non-hydrogen) atoms. The molecule has 0 fully saturated rings. The Bertz CT molecular complexity index is 1030. The van der Waals surface area contributed by atoms with Crippen molar-refractivity contribution in [2.24, 2.45) is 11.7 Å². The van der Waals surface area contributed by atoms with Gasteiger partial charge in [0.15, 0.2) is 0 Å². The van der Waals surface area contributed by atoms with Crippen LogP contribution in [0.15, 0.2) is 24.3 Å². The minimum atomic E-state index is -2.43. The van der Waals surface area contributed by atoms with Crippen LogP contribution < -0.4 is 21.2 Å². The summed E-state index contributed by atoms with van der Waals surface area (Å²) in [4.78, 5) is 51.7. The van der Waals surface area contributed by atoms with Gasteiger partial charge in [-0.1, -0.05) is 31.5 Å². The van der Waals surface area contributed by atoms with E-state index in [1.807, 2.05) is 13.8 Å². The van der Waals surface area contributed by atoms with E-state index in [1.54, 1.807) is 24.3 Å². The summed E-state index contributed by atoms with van der Waals surface area (Å²) in [5.74, 6) is -2.80. The molecule has 10 nitrogen and oxygen atoms in total. The summed E-state index contributed by atoms with van der Waals surface area (Å²) in [6.07, 6.45) is -0.105. The molecule has 0 saturated carbocycles. The standard InChI is InChI=1S/C21H27ClFN5O5/c1-11(2)9-14(20(31)27-28(8-7-17(24)29)21(32)18(22)23)26-19(30)15-10-12-13(25-15)5-4-6-16(12)33-3/h4-6,10-11,14,18,25H,7-9H2,1-3H3,(H2,24,29)(H,26,30)(H,27,31)/t14?,18-/m1/s1. The third-order valence-electron chi connectivity index (χ3n) is 4.70. The number of rotatable bonds is 10. The van der Waals surface area contributed by atoms with Gasteiger partial charge in [-0.25, -0.2) is 9.40 Å². The van der Waals surface area contributed by atoms with Crippen molar-refractivity contribution in [2.75, 3.05) is 13.7 Å². The van der Waals surface area contributed by atoms with Gasteiger partial charge in [0.25, 0.3) is 23.4 Å². The SMILES string of the molecule is COc1cccc2[nH]c(C(=O)NC(CC(C)C)C(=O)NN(CCC(N)=O)C(=O)[C@@H](F)Cl)cc12. The third-order valence-corrected chi connectivity index (χ3v) is 4.88. The second-order valence-electron chi connectivity index (χ2n) is 7.74. The Hall–Kier alpha value is -3.34. The van der Waals surface area contributed by atoms with E-state index in [0.717, 1.165) is 0 Å². The van der Waals surface area contributed by atoms with Crippen molar-refractivity contribution < 1.29 is 28.3 Å². The zero-order valence-corrected chi connectivity index (χ0v) is 19.2. The number of nitrogens with one attached hydrogen (secondary N) is 3. The molecule has 180 valence electrons. The van der Waals surface area contributed by atoms with Gasteiger partial charge in [0.05, 0.1) is 13.7 Å². The fourth-order valence-corrected chi connectivity index (χ4v) is 3.26. The predicted octanol–water partition coefficient (Wildman–Crippen LogP) is 1.59. The topological polar surface area (TPSA) is 147 Å². The molecule has 2 atom stereocenters. The number of carbonyl (C=O) groups is 4. The Morgan fingerprint density at radius 3 is 2.55 bits per heavy atom. The number of halogens is 2. The van der Waals surface area contributed by atoms with E-state index >= 15 is 0 Å². The van der Waals surface area contributed by atoms with Gasteiger partial charge < -0.3 is 20.8 Å². The average molecular weight is 484 g/mol. The van der Waals surface area contributed by atoms with Gasteiger partial charge in [-0.05, 0) is 30.5 Å². The van der Waals surface area contributed by atoms with Crippen LogP contribution in [0.1, 0.15) is 37.2 Å². The number of fused-ring (bicyclic) bond motifs is 1. The third kappa shape index (κ3) is 7.07. The second kappa shape index (κ2) is 11.5. The number of methoxy groups -OCH3 is 1. The molecular weight excluding hydrogens is 457 g/mol. The van der Waals surface area contributed by atoms with Gasteiger partial charge in [-0.15, -0.1) is 0 Å². The summed E-state index contributed by atoms with van der Waals surface area (Å²) < 4.78 is 18.6. The summed E-state index contributed by atoms with van der Waals surface area (Å²) in [5.41, 5.74) is 5.73. The number of amides is 4. The maximum absolute atomic E-state index is 13.3. The summed E-state index contributed by atoms with van der Waals surface area (Å²) in [5, 5.41) is 3.89. The lowest BCUT2D eigenvalue weighted by molar-refractivity contribution is -0.144. The van der Waals surface area contributed by atoms with Crippen LogP contribution in [-0.2, 0) is 14.4 Å². The number of H-pyrrole nitrogens is 1. The zero-order chi connectivity index (χ0) is 24.7. The van der Waals surface area contributed by atoms with Crippen LogP contribution in [0.25, 0.3) is 10.9 Å². The van der Waals surface area contributed by atoms with E-state index in [0.29, 0.717) is 21.7 Å². The highest BCUT2D eigenvalue weighted by molar-refractivity contribution is 6.29. The van der Waals surface area contributed by atoms with Crippen molar-refractivity contribution in [3.05, 3.63) is 30.0 Å². The highest BCUT2D eigenvalue weighted by atomic mass is 35.5. The largest absolute Gasteiger partial charge is 0.496 e. The number of nitrogens with zero attached hydrogens (tertiary/aromatic N) is 1. The lowest BCUT2D eigenvalue weighted by Crippen LogP contribution is -2.56. The molecule has 2 rings (SSSR count). The van der Waals surface area contributed by atoms with Gasteiger partial charge in [-0.3, -0.25) is 24.6 Å². The summed E-state index contributed by atoms with van der Waals surface area (Å²) in [7, 11) is 1.51. The molecule has 0 aliphatic carbocycles. The van der Waals surface area contributed by atoms with Crippen LogP contribution in [0.4, 0.5) is 4.39 Å². The number of hydrogen-bond acceptors (Lipinski definition) is 5. The van der Waals surface area contributed by atoms with Crippen molar-refractivity contribution in [3.8, 4) is 5.75 Å². The van der Waals surface area contributed by atoms with Gasteiger partial charge in [0.2, 0.25) is 5.91 Å². The van der Waals surface area contributed by atoms with Gasteiger partial charge in [-0.2, -0.15) is 0 Å². The van der Waals surface area contributed by atoms with Crippen molar-refractivity contribution in [1.29, 1.82) is 0 Å². The van der Waals surface area contributed by atoms with E-state index in [4.69, 9.17) is 22.1 Å². The number of nitrogens with two attached hydrogens (primary N) is 1. The monoisotopic (exact) mass is 483 g/mol. The first-order valence-corrected chi connectivity index (χ1v) is 10.6. The summed E-state index contributed by atoms with van der Waals surface area (Å²) in [6, 6.07) is 5.82. The van der Waals surface area contributed by atoms with Gasteiger partial charge in [0.1, 0.15) is 17.5 Å². The zero-order valence-electron chi connectivity index (χ0n) is 18.5. The molecule has 0 saturated heterocycles. The molecule has 0 bridgehead atoms. The predicted molar refractivity (Wildman–Crippen MR) is 120 cm³/mol. The molecule has 12 heteroatoms. The first-order chi connectivity index (χ1) is 15.5. The fraction of sp³-hybridized carbons (Fsp3) is 0.429. The van der Waals surface area contributed by atoms with Crippen LogP contribution in [0.5, 0.6) is 5.75 Å². The van der Waals surface area contributed by atoms with Crippen molar-refractivity contribution in [1.82, 2.24) is 20.7 Å². The molecule has 1 aromatic heterocycles. The minimum absolute atomic E-state index is 0.0134. The van der Waals surface area contributed by atoms with E-state index in [9.17, 15) is 23.6 Å². The van der Waals surface area contributed by atoms with Crippen molar-refractivity contribution >= 4 is 46.1 Å². The van der Waals surface area contributed by atoms with Crippen LogP contribution in [-0.4, -0.2) is 58.9 Å². The highest BCUT2D eigenvalue weighted by Crippen LogP contribution is 2.26. The average Bonchev–Trinajstić information content (AvgIpc) is 3.19. The van der Waals surface area contributed by atoms with Crippen LogP contribution in [0.2, 0.25) is 0 Å². The Morgan fingerprint density at radius 1 is 1.27 bits per heavy atom. The lowest BCUT2D eigenvalue weighted by atomic mass is 10.0. The van der Waals surface area contributed by atoms with E-state index < -0.39 is 35.3 Å². The molecule has 4 amide bonds. The number of ether oxygens (including phenoxy) is 1. The van der Waals surface area contributed by atoms with Crippen molar-refractivity contribution in [2.45, 2.75) is 38.4 Å². The van der Waals surface area contributed by atoms with Crippen molar-refractivity contribution in [3.63, 3.8) is 0 Å². The number of hydrogen-bond donors (Lipinski definition) is 4. The highest BCUT2D eigenvalue weighted by Gasteiger charge is 2.29. The van der Waals surface area contributed by atoms with Crippen LogP contribution in [0, 0.1) is 5.92 Å². The first kappa shape index (κ1) is 25.9.